The summed E-state index contributed by atoms with van der Waals surface area (Å²) in [4.78, 5) is 4.23. The fraction of sp³-hybridized carbons (Fsp3) is 0.300. The number of rotatable bonds is 2. The zero-order valence-corrected chi connectivity index (χ0v) is 8.90. The van der Waals surface area contributed by atoms with Gasteiger partial charge < -0.3 is 9.73 Å². The summed E-state index contributed by atoms with van der Waals surface area (Å²) in [6.07, 6.45) is 0. The monoisotopic (exact) mass is 204 g/mol. The SMILES string of the molecule is CNc1nc(C)nnc1-c1ccc(C)o1. The van der Waals surface area contributed by atoms with E-state index in [9.17, 15) is 0 Å². The molecule has 0 unspecified atom stereocenters. The van der Waals surface area contributed by atoms with E-state index in [0.717, 1.165) is 5.76 Å². The lowest BCUT2D eigenvalue weighted by molar-refractivity contribution is 0.545. The van der Waals surface area contributed by atoms with Gasteiger partial charge in [-0.2, -0.15) is 0 Å². The van der Waals surface area contributed by atoms with Crippen LogP contribution in [0.25, 0.3) is 11.5 Å². The van der Waals surface area contributed by atoms with Crippen molar-refractivity contribution in [3.8, 4) is 11.5 Å². The summed E-state index contributed by atoms with van der Waals surface area (Å²) in [5, 5.41) is 10.9. The van der Waals surface area contributed by atoms with Crippen LogP contribution in [-0.4, -0.2) is 22.2 Å². The van der Waals surface area contributed by atoms with Crippen LogP contribution in [-0.2, 0) is 0 Å². The highest BCUT2D eigenvalue weighted by Crippen LogP contribution is 2.24. The van der Waals surface area contributed by atoms with Crippen LogP contribution in [0.3, 0.4) is 0 Å². The molecule has 78 valence electrons. The number of aryl methyl sites for hydroxylation is 2. The molecule has 1 N–H and O–H groups in total. The van der Waals surface area contributed by atoms with Crippen LogP contribution in [0.1, 0.15) is 11.6 Å². The lowest BCUT2D eigenvalue weighted by Gasteiger charge is -2.03. The van der Waals surface area contributed by atoms with Crippen LogP contribution in [0.15, 0.2) is 16.5 Å². The summed E-state index contributed by atoms with van der Waals surface area (Å²) in [5.74, 6) is 2.83. The molecule has 5 nitrogen and oxygen atoms in total. The molecule has 0 bridgehead atoms. The molecule has 15 heavy (non-hydrogen) atoms. The van der Waals surface area contributed by atoms with E-state index in [1.165, 1.54) is 0 Å². The van der Waals surface area contributed by atoms with Crippen molar-refractivity contribution in [3.05, 3.63) is 23.7 Å². The Labute approximate surface area is 87.6 Å². The Bertz CT molecular complexity index is 478. The number of nitrogens with zero attached hydrogens (tertiary/aromatic N) is 3. The Morgan fingerprint density at radius 2 is 2.00 bits per heavy atom. The second-order valence-electron chi connectivity index (χ2n) is 3.22. The second kappa shape index (κ2) is 3.68. The molecule has 2 aromatic heterocycles. The third-order valence-electron chi connectivity index (χ3n) is 2.00. The van der Waals surface area contributed by atoms with E-state index in [2.05, 4.69) is 20.5 Å². The van der Waals surface area contributed by atoms with Crippen LogP contribution < -0.4 is 5.32 Å². The molecule has 0 aromatic carbocycles. The smallest absolute Gasteiger partial charge is 0.170 e. The van der Waals surface area contributed by atoms with Gasteiger partial charge in [0.05, 0.1) is 0 Å². The Kier molecular flexibility index (Phi) is 2.37. The predicted octanol–water partition coefficient (Wildman–Crippen LogP) is 1.79. The van der Waals surface area contributed by atoms with Crippen LogP contribution in [0.2, 0.25) is 0 Å². The third-order valence-corrected chi connectivity index (χ3v) is 2.00. The molecule has 0 fully saturated rings. The fourth-order valence-electron chi connectivity index (χ4n) is 1.31. The van der Waals surface area contributed by atoms with Gasteiger partial charge in [0.15, 0.2) is 17.3 Å². The van der Waals surface area contributed by atoms with Gasteiger partial charge in [-0.25, -0.2) is 4.98 Å². The van der Waals surface area contributed by atoms with Crippen molar-refractivity contribution in [2.24, 2.45) is 0 Å². The minimum atomic E-state index is 0.631. The van der Waals surface area contributed by atoms with Crippen LogP contribution in [0, 0.1) is 13.8 Å². The molecule has 0 amide bonds. The summed E-state index contributed by atoms with van der Waals surface area (Å²) in [6, 6.07) is 3.74. The number of furan rings is 1. The van der Waals surface area contributed by atoms with Gasteiger partial charge in [0.1, 0.15) is 11.6 Å². The number of hydrogen-bond acceptors (Lipinski definition) is 5. The number of hydrogen-bond donors (Lipinski definition) is 1. The number of anilines is 1. The molecule has 0 aliphatic rings. The lowest BCUT2D eigenvalue weighted by Crippen LogP contribution is -2.02. The Balaban J connectivity index is 2.52. The summed E-state index contributed by atoms with van der Waals surface area (Å²) < 4.78 is 5.47. The van der Waals surface area contributed by atoms with Crippen molar-refractivity contribution in [2.45, 2.75) is 13.8 Å². The first-order valence-corrected chi connectivity index (χ1v) is 4.66. The maximum absolute atomic E-state index is 5.47. The molecule has 0 atom stereocenters. The maximum Gasteiger partial charge on any atom is 0.170 e. The van der Waals surface area contributed by atoms with Crippen molar-refractivity contribution in [2.75, 3.05) is 12.4 Å². The molecule has 0 aliphatic carbocycles. The Hall–Kier alpha value is -1.91. The molecule has 2 heterocycles. The van der Waals surface area contributed by atoms with Gasteiger partial charge in [-0.1, -0.05) is 0 Å². The highest BCUT2D eigenvalue weighted by atomic mass is 16.3. The van der Waals surface area contributed by atoms with Gasteiger partial charge >= 0.3 is 0 Å². The lowest BCUT2D eigenvalue weighted by atomic mass is 10.3. The fourth-order valence-corrected chi connectivity index (χ4v) is 1.31. The molecular formula is C10H12N4O. The van der Waals surface area contributed by atoms with Crippen LogP contribution in [0.4, 0.5) is 5.82 Å². The quantitative estimate of drug-likeness (QED) is 0.807. The van der Waals surface area contributed by atoms with Crippen molar-refractivity contribution in [1.82, 2.24) is 15.2 Å². The highest BCUT2D eigenvalue weighted by molar-refractivity contribution is 5.66. The number of aromatic nitrogens is 3. The minimum Gasteiger partial charge on any atom is -0.460 e. The molecule has 0 radical (unpaired) electrons. The van der Waals surface area contributed by atoms with E-state index < -0.39 is 0 Å². The standard InChI is InChI=1S/C10H12N4O/c1-6-4-5-8(15-6)9-10(11-3)12-7(2)13-14-9/h4-5H,1-3H3,(H,11,12,13). The van der Waals surface area contributed by atoms with Gasteiger partial charge in [-0.3, -0.25) is 0 Å². The molecule has 0 spiro atoms. The zero-order chi connectivity index (χ0) is 10.8. The molecular weight excluding hydrogens is 192 g/mol. The third kappa shape index (κ3) is 1.81. The molecule has 5 heteroatoms. The average molecular weight is 204 g/mol. The van der Waals surface area contributed by atoms with Crippen LogP contribution in [0.5, 0.6) is 0 Å². The highest BCUT2D eigenvalue weighted by Gasteiger charge is 2.11. The van der Waals surface area contributed by atoms with Crippen molar-refractivity contribution >= 4 is 5.82 Å². The van der Waals surface area contributed by atoms with Gasteiger partial charge in [0.2, 0.25) is 0 Å². The molecule has 0 saturated carbocycles. The van der Waals surface area contributed by atoms with Gasteiger partial charge in [-0.15, -0.1) is 10.2 Å². The summed E-state index contributed by atoms with van der Waals surface area (Å²) in [6.45, 7) is 3.68. The van der Waals surface area contributed by atoms with E-state index in [-0.39, 0.29) is 0 Å². The average Bonchev–Trinajstić information content (AvgIpc) is 2.64. The van der Waals surface area contributed by atoms with Crippen LogP contribution >= 0.6 is 0 Å². The van der Waals surface area contributed by atoms with Crippen molar-refractivity contribution in [3.63, 3.8) is 0 Å². The molecule has 0 aliphatic heterocycles. The van der Waals surface area contributed by atoms with Crippen molar-refractivity contribution < 1.29 is 4.42 Å². The first kappa shape index (κ1) is 9.64. The molecule has 2 aromatic rings. The largest absolute Gasteiger partial charge is 0.460 e. The predicted molar refractivity (Wildman–Crippen MR) is 56.5 cm³/mol. The van der Waals surface area contributed by atoms with E-state index in [1.807, 2.05) is 19.1 Å². The summed E-state index contributed by atoms with van der Waals surface area (Å²) >= 11 is 0. The first-order valence-electron chi connectivity index (χ1n) is 4.66. The van der Waals surface area contributed by atoms with E-state index >= 15 is 0 Å². The zero-order valence-electron chi connectivity index (χ0n) is 8.90. The first-order chi connectivity index (χ1) is 7.20. The second-order valence-corrected chi connectivity index (χ2v) is 3.22. The van der Waals surface area contributed by atoms with Gasteiger partial charge in [0, 0.05) is 7.05 Å². The van der Waals surface area contributed by atoms with Crippen molar-refractivity contribution in [1.29, 1.82) is 0 Å². The summed E-state index contributed by atoms with van der Waals surface area (Å²) in [5.41, 5.74) is 0.635. The molecule has 2 rings (SSSR count). The van der Waals surface area contributed by atoms with E-state index in [0.29, 0.717) is 23.1 Å². The normalized spacial score (nSPS) is 10.3. The van der Waals surface area contributed by atoms with Gasteiger partial charge in [-0.05, 0) is 26.0 Å². The Morgan fingerprint density at radius 3 is 2.60 bits per heavy atom. The van der Waals surface area contributed by atoms with E-state index in [4.69, 9.17) is 4.42 Å². The Morgan fingerprint density at radius 1 is 1.20 bits per heavy atom. The number of nitrogens with one attached hydrogen (secondary N) is 1. The maximum atomic E-state index is 5.47. The minimum absolute atomic E-state index is 0.631. The van der Waals surface area contributed by atoms with Gasteiger partial charge in [0.25, 0.3) is 0 Å². The topological polar surface area (TPSA) is 63.8 Å². The summed E-state index contributed by atoms with van der Waals surface area (Å²) in [7, 11) is 1.79. The van der Waals surface area contributed by atoms with E-state index in [1.54, 1.807) is 14.0 Å². The molecule has 0 saturated heterocycles.